The Morgan fingerprint density at radius 2 is 2.20 bits per heavy atom. The summed E-state index contributed by atoms with van der Waals surface area (Å²) in [6.45, 7) is 6.87. The highest BCUT2D eigenvalue weighted by atomic mass is 16.7. The Morgan fingerprint density at radius 1 is 1.40 bits per heavy atom. The van der Waals surface area contributed by atoms with Gasteiger partial charge in [0.15, 0.2) is 5.79 Å². The number of rotatable bonds is 2. The third-order valence-electron chi connectivity index (χ3n) is 4.71. The minimum Gasteiger partial charge on any atom is -0.465 e. The van der Waals surface area contributed by atoms with Crippen molar-refractivity contribution in [1.29, 1.82) is 0 Å². The predicted molar refractivity (Wildman–Crippen MR) is 73.2 cm³/mol. The molecule has 3 rings (SSSR count). The normalized spacial score (nSPS) is 40.0. The van der Waals surface area contributed by atoms with Gasteiger partial charge in [-0.05, 0) is 46.5 Å². The van der Waals surface area contributed by atoms with Crippen LogP contribution in [0.25, 0.3) is 0 Å². The Hall–Kier alpha value is -0.650. The van der Waals surface area contributed by atoms with Crippen LogP contribution in [0.4, 0.5) is 0 Å². The van der Waals surface area contributed by atoms with Gasteiger partial charge in [-0.15, -0.1) is 0 Å². The largest absolute Gasteiger partial charge is 0.465 e. The van der Waals surface area contributed by atoms with Crippen molar-refractivity contribution >= 4 is 5.97 Å². The number of ether oxygens (including phenoxy) is 3. The van der Waals surface area contributed by atoms with Crippen LogP contribution in [0.1, 0.15) is 46.5 Å². The zero-order valence-corrected chi connectivity index (χ0v) is 12.6. The van der Waals surface area contributed by atoms with E-state index < -0.39 is 5.79 Å². The molecular weight excluding hydrogens is 258 g/mol. The van der Waals surface area contributed by atoms with Crippen LogP contribution in [0.2, 0.25) is 0 Å². The molecule has 0 bridgehead atoms. The molecule has 0 aromatic carbocycles. The highest BCUT2D eigenvalue weighted by molar-refractivity contribution is 5.76. The molecule has 3 aliphatic heterocycles. The number of hydrogen-bond donors (Lipinski definition) is 0. The summed E-state index contributed by atoms with van der Waals surface area (Å²) >= 11 is 0. The van der Waals surface area contributed by atoms with Gasteiger partial charge in [0, 0.05) is 6.04 Å². The lowest BCUT2D eigenvalue weighted by Crippen LogP contribution is -2.57. The quantitative estimate of drug-likeness (QED) is 0.722. The molecule has 5 heteroatoms. The van der Waals surface area contributed by atoms with Crippen LogP contribution in [0.15, 0.2) is 0 Å². The summed E-state index contributed by atoms with van der Waals surface area (Å²) in [5.41, 5.74) is 0. The molecule has 0 unspecified atom stereocenters. The van der Waals surface area contributed by atoms with Crippen LogP contribution in [-0.4, -0.2) is 54.1 Å². The first-order valence-electron chi connectivity index (χ1n) is 7.77. The fourth-order valence-electron chi connectivity index (χ4n) is 3.94. The Kier molecular flexibility index (Phi) is 3.77. The van der Waals surface area contributed by atoms with Crippen LogP contribution in [0, 0.1) is 0 Å². The van der Waals surface area contributed by atoms with E-state index in [0.29, 0.717) is 19.3 Å². The van der Waals surface area contributed by atoms with E-state index >= 15 is 0 Å². The third-order valence-corrected chi connectivity index (χ3v) is 4.71. The molecule has 0 saturated carbocycles. The SMILES string of the molecule is CCOC(=O)[C@H]1CCC[C@H]2C[C@H]3OC(C)(C)OC[C@@H]3N21. The van der Waals surface area contributed by atoms with Crippen molar-refractivity contribution in [2.75, 3.05) is 13.2 Å². The third kappa shape index (κ3) is 2.47. The van der Waals surface area contributed by atoms with Gasteiger partial charge in [0.25, 0.3) is 0 Å². The maximum atomic E-state index is 12.2. The van der Waals surface area contributed by atoms with E-state index in [1.807, 2.05) is 20.8 Å². The fraction of sp³-hybridized carbons (Fsp3) is 0.933. The van der Waals surface area contributed by atoms with Gasteiger partial charge in [-0.3, -0.25) is 9.69 Å². The van der Waals surface area contributed by atoms with Crippen molar-refractivity contribution in [3.8, 4) is 0 Å². The maximum absolute atomic E-state index is 12.2. The number of esters is 1. The average molecular weight is 283 g/mol. The molecular formula is C15H25NO4. The number of fused-ring (bicyclic) bond motifs is 3. The lowest BCUT2D eigenvalue weighted by Gasteiger charge is -2.44. The van der Waals surface area contributed by atoms with Crippen LogP contribution in [-0.2, 0) is 19.0 Å². The summed E-state index contributed by atoms with van der Waals surface area (Å²) in [7, 11) is 0. The summed E-state index contributed by atoms with van der Waals surface area (Å²) in [4.78, 5) is 14.5. The number of carbonyl (C=O) groups is 1. The minimum atomic E-state index is -0.505. The molecule has 0 radical (unpaired) electrons. The topological polar surface area (TPSA) is 48.0 Å². The highest BCUT2D eigenvalue weighted by Crippen LogP contribution is 2.41. The van der Waals surface area contributed by atoms with Crippen molar-refractivity contribution in [3.63, 3.8) is 0 Å². The number of nitrogens with zero attached hydrogens (tertiary/aromatic N) is 1. The van der Waals surface area contributed by atoms with Crippen molar-refractivity contribution < 1.29 is 19.0 Å². The fourth-order valence-corrected chi connectivity index (χ4v) is 3.94. The van der Waals surface area contributed by atoms with E-state index in [-0.39, 0.29) is 24.2 Å². The molecule has 0 spiro atoms. The first-order chi connectivity index (χ1) is 9.52. The number of hydrogen-bond acceptors (Lipinski definition) is 5. The first kappa shape index (κ1) is 14.3. The van der Waals surface area contributed by atoms with E-state index in [0.717, 1.165) is 25.7 Å². The van der Waals surface area contributed by atoms with Gasteiger partial charge in [0.05, 0.1) is 25.4 Å². The summed E-state index contributed by atoms with van der Waals surface area (Å²) < 4.78 is 17.1. The molecule has 0 N–H and O–H groups in total. The smallest absolute Gasteiger partial charge is 0.323 e. The van der Waals surface area contributed by atoms with Gasteiger partial charge >= 0.3 is 5.97 Å². The molecule has 3 fully saturated rings. The summed E-state index contributed by atoms with van der Waals surface area (Å²) in [5.74, 6) is -0.586. The molecule has 0 aromatic heterocycles. The molecule has 3 heterocycles. The van der Waals surface area contributed by atoms with Crippen LogP contribution in [0.3, 0.4) is 0 Å². The van der Waals surface area contributed by atoms with Crippen LogP contribution in [0.5, 0.6) is 0 Å². The Morgan fingerprint density at radius 3 is 2.95 bits per heavy atom. The Balaban J connectivity index is 1.77. The lowest BCUT2D eigenvalue weighted by molar-refractivity contribution is -0.284. The molecule has 3 aliphatic rings. The summed E-state index contributed by atoms with van der Waals surface area (Å²) in [6.07, 6.45) is 4.31. The van der Waals surface area contributed by atoms with Crippen molar-refractivity contribution in [2.45, 2.75) is 76.5 Å². The second kappa shape index (κ2) is 5.28. The zero-order chi connectivity index (χ0) is 14.3. The van der Waals surface area contributed by atoms with Crippen molar-refractivity contribution in [2.24, 2.45) is 0 Å². The minimum absolute atomic E-state index is 0.0808. The standard InChI is InChI=1S/C15H25NO4/c1-4-18-14(17)11-7-5-6-10-8-13-12(16(10)11)9-19-15(2,3)20-13/h10-13H,4-9H2,1-3H3/t10-,11+,12-,13+/m0/s1. The van der Waals surface area contributed by atoms with Crippen LogP contribution < -0.4 is 0 Å². The van der Waals surface area contributed by atoms with Gasteiger partial charge < -0.3 is 14.2 Å². The number of piperidine rings is 1. The van der Waals surface area contributed by atoms with Gasteiger partial charge in [-0.25, -0.2) is 0 Å². The summed E-state index contributed by atoms with van der Waals surface area (Å²) in [6, 6.07) is 0.519. The van der Waals surface area contributed by atoms with Gasteiger partial charge in [0.2, 0.25) is 0 Å². The van der Waals surface area contributed by atoms with E-state index in [2.05, 4.69) is 4.90 Å². The van der Waals surface area contributed by atoms with Gasteiger partial charge in [-0.2, -0.15) is 0 Å². The lowest BCUT2D eigenvalue weighted by atomic mass is 9.96. The average Bonchev–Trinajstić information content (AvgIpc) is 2.74. The molecule has 0 aromatic rings. The highest BCUT2D eigenvalue weighted by Gasteiger charge is 2.52. The van der Waals surface area contributed by atoms with Crippen LogP contribution >= 0.6 is 0 Å². The molecule has 0 amide bonds. The first-order valence-corrected chi connectivity index (χ1v) is 7.77. The van der Waals surface area contributed by atoms with Crippen molar-refractivity contribution in [1.82, 2.24) is 4.90 Å². The molecule has 114 valence electrons. The second-order valence-electron chi connectivity index (χ2n) is 6.47. The molecule has 3 saturated heterocycles. The van der Waals surface area contributed by atoms with E-state index in [9.17, 15) is 4.79 Å². The Bertz CT molecular complexity index is 384. The molecule has 5 nitrogen and oxygen atoms in total. The Labute approximate surface area is 120 Å². The van der Waals surface area contributed by atoms with E-state index in [1.165, 1.54) is 0 Å². The summed E-state index contributed by atoms with van der Waals surface area (Å²) in [5, 5.41) is 0. The number of carbonyl (C=O) groups excluding carboxylic acids is 1. The van der Waals surface area contributed by atoms with E-state index in [1.54, 1.807) is 0 Å². The van der Waals surface area contributed by atoms with E-state index in [4.69, 9.17) is 14.2 Å². The molecule has 4 atom stereocenters. The van der Waals surface area contributed by atoms with Gasteiger partial charge in [-0.1, -0.05) is 0 Å². The molecule has 0 aliphatic carbocycles. The predicted octanol–water partition coefficient (Wildman–Crippen LogP) is 1.70. The van der Waals surface area contributed by atoms with Gasteiger partial charge in [0.1, 0.15) is 6.04 Å². The molecule has 20 heavy (non-hydrogen) atoms. The monoisotopic (exact) mass is 283 g/mol. The van der Waals surface area contributed by atoms with Crippen molar-refractivity contribution in [3.05, 3.63) is 0 Å². The second-order valence-corrected chi connectivity index (χ2v) is 6.47. The zero-order valence-electron chi connectivity index (χ0n) is 12.6. The maximum Gasteiger partial charge on any atom is 0.323 e.